The van der Waals surface area contributed by atoms with Crippen LogP contribution < -0.4 is 5.32 Å². The van der Waals surface area contributed by atoms with Crippen molar-refractivity contribution in [3.05, 3.63) is 57.8 Å². The summed E-state index contributed by atoms with van der Waals surface area (Å²) in [6.07, 6.45) is 4.35. The second-order valence-electron chi connectivity index (χ2n) is 5.56. The van der Waals surface area contributed by atoms with Crippen LogP contribution in [0.2, 0.25) is 0 Å². The first kappa shape index (κ1) is 20.6. The Labute approximate surface area is 174 Å². The van der Waals surface area contributed by atoms with E-state index in [0.29, 0.717) is 16.3 Å². The van der Waals surface area contributed by atoms with Gasteiger partial charge in [0.05, 0.1) is 12.9 Å². The second-order valence-corrected chi connectivity index (χ2v) is 7.41. The summed E-state index contributed by atoms with van der Waals surface area (Å²) in [6.45, 7) is 1.40. The fraction of sp³-hybridized carbons (Fsp3) is 0.150. The van der Waals surface area contributed by atoms with Gasteiger partial charge in [-0.25, -0.2) is 9.59 Å². The van der Waals surface area contributed by atoms with E-state index >= 15 is 0 Å². The third kappa shape index (κ3) is 5.43. The van der Waals surface area contributed by atoms with E-state index in [1.807, 2.05) is 17.5 Å². The molecule has 29 heavy (non-hydrogen) atoms. The van der Waals surface area contributed by atoms with Crippen LogP contribution in [-0.4, -0.2) is 31.1 Å². The third-order valence-electron chi connectivity index (χ3n) is 3.58. The molecule has 0 atom stereocenters. The predicted octanol–water partition coefficient (Wildman–Crippen LogP) is 4.44. The first-order chi connectivity index (χ1) is 14.1. The summed E-state index contributed by atoms with van der Waals surface area (Å²) in [5.74, 6) is -1.30. The van der Waals surface area contributed by atoms with Crippen LogP contribution >= 0.6 is 22.7 Å². The van der Waals surface area contributed by atoms with E-state index in [-0.39, 0.29) is 12.2 Å². The third-order valence-corrected chi connectivity index (χ3v) is 5.32. The minimum absolute atomic E-state index is 0.188. The van der Waals surface area contributed by atoms with Crippen LogP contribution in [0.3, 0.4) is 0 Å². The highest BCUT2D eigenvalue weighted by Crippen LogP contribution is 2.36. The monoisotopic (exact) mass is 431 g/mol. The molecule has 0 bridgehead atoms. The van der Waals surface area contributed by atoms with Gasteiger partial charge < -0.3 is 19.2 Å². The molecule has 0 fully saturated rings. The Hall–Kier alpha value is -3.17. The molecule has 1 N–H and O–H groups in total. The van der Waals surface area contributed by atoms with E-state index in [2.05, 4.69) is 5.32 Å². The minimum Gasteiger partial charge on any atom is -0.464 e. The lowest BCUT2D eigenvalue weighted by molar-refractivity contribution is -0.142. The fourth-order valence-electron chi connectivity index (χ4n) is 2.35. The van der Waals surface area contributed by atoms with Crippen LogP contribution in [0.5, 0.6) is 0 Å². The average Bonchev–Trinajstić information content (AvgIpc) is 3.46. The molecule has 0 unspecified atom stereocenters. The predicted molar refractivity (Wildman–Crippen MR) is 111 cm³/mol. The molecule has 3 aromatic rings. The second kappa shape index (κ2) is 9.85. The summed E-state index contributed by atoms with van der Waals surface area (Å²) in [4.78, 5) is 37.2. The zero-order chi connectivity index (χ0) is 20.6. The van der Waals surface area contributed by atoms with Crippen LogP contribution in [0.25, 0.3) is 17.4 Å². The van der Waals surface area contributed by atoms with Crippen molar-refractivity contribution in [1.29, 1.82) is 0 Å². The van der Waals surface area contributed by atoms with Crippen molar-refractivity contribution in [3.63, 3.8) is 0 Å². The number of ether oxygens (including phenoxy) is 2. The Bertz CT molecular complexity index is 1000. The molecule has 3 heterocycles. The number of carbonyl (C=O) groups is 3. The zero-order valence-electron chi connectivity index (χ0n) is 15.4. The van der Waals surface area contributed by atoms with E-state index < -0.39 is 24.5 Å². The Kier molecular flexibility index (Phi) is 6.99. The average molecular weight is 431 g/mol. The summed E-state index contributed by atoms with van der Waals surface area (Å²) in [5, 5.41) is 6.47. The molecule has 3 aromatic heterocycles. The van der Waals surface area contributed by atoms with Gasteiger partial charge in [0.2, 0.25) is 0 Å². The fourth-order valence-corrected chi connectivity index (χ4v) is 3.92. The highest BCUT2D eigenvalue weighted by atomic mass is 32.1. The van der Waals surface area contributed by atoms with E-state index in [1.54, 1.807) is 30.5 Å². The number of thiophene rings is 2. The van der Waals surface area contributed by atoms with E-state index in [4.69, 9.17) is 13.9 Å². The number of anilines is 1. The molecule has 0 aliphatic rings. The van der Waals surface area contributed by atoms with Crippen LogP contribution in [0.1, 0.15) is 22.2 Å². The largest absolute Gasteiger partial charge is 0.464 e. The Balaban J connectivity index is 1.65. The maximum Gasteiger partial charge on any atom is 0.341 e. The molecule has 0 aromatic carbocycles. The summed E-state index contributed by atoms with van der Waals surface area (Å²) in [6, 6.07) is 7.12. The summed E-state index contributed by atoms with van der Waals surface area (Å²) in [7, 11) is 0. The number of hydrogen-bond acceptors (Lipinski definition) is 8. The SMILES string of the molecule is CCOC(=O)c1c(-c2ccco2)csc1NC(=O)COC(=O)/C=C/c1cccs1. The van der Waals surface area contributed by atoms with Crippen molar-refractivity contribution in [3.8, 4) is 11.3 Å². The molecule has 3 rings (SSSR count). The molecule has 0 saturated heterocycles. The first-order valence-corrected chi connectivity index (χ1v) is 10.3. The van der Waals surface area contributed by atoms with E-state index in [0.717, 1.165) is 16.2 Å². The van der Waals surface area contributed by atoms with Gasteiger partial charge in [-0.2, -0.15) is 0 Å². The van der Waals surface area contributed by atoms with Crippen molar-refractivity contribution < 1.29 is 28.3 Å². The van der Waals surface area contributed by atoms with Gasteiger partial charge in [0.25, 0.3) is 5.91 Å². The van der Waals surface area contributed by atoms with Gasteiger partial charge in [0.15, 0.2) is 6.61 Å². The van der Waals surface area contributed by atoms with E-state index in [1.165, 1.54) is 23.7 Å². The summed E-state index contributed by atoms with van der Waals surface area (Å²) in [5.41, 5.74) is 0.716. The molecular weight excluding hydrogens is 414 g/mol. The molecular formula is C20H17NO6S2. The standard InChI is InChI=1S/C20H17NO6S2/c1-2-25-20(24)18-14(15-6-3-9-26-15)12-29-19(18)21-16(22)11-27-17(23)8-7-13-5-4-10-28-13/h3-10,12H,2,11H2,1H3,(H,21,22)/b8-7+. The molecule has 1 amide bonds. The van der Waals surface area contributed by atoms with Crippen molar-refractivity contribution in [1.82, 2.24) is 0 Å². The number of rotatable bonds is 8. The number of amides is 1. The topological polar surface area (TPSA) is 94.8 Å². The Morgan fingerprint density at radius 1 is 1.17 bits per heavy atom. The van der Waals surface area contributed by atoms with Gasteiger partial charge >= 0.3 is 11.9 Å². The quantitative estimate of drug-likeness (QED) is 0.418. The van der Waals surface area contributed by atoms with Gasteiger partial charge in [-0.3, -0.25) is 4.79 Å². The molecule has 0 aliphatic heterocycles. The normalized spacial score (nSPS) is 10.8. The molecule has 0 saturated carbocycles. The van der Waals surface area contributed by atoms with Crippen LogP contribution in [0.15, 0.2) is 51.8 Å². The van der Waals surface area contributed by atoms with Crippen LogP contribution in [-0.2, 0) is 19.1 Å². The van der Waals surface area contributed by atoms with Gasteiger partial charge in [0.1, 0.15) is 16.3 Å². The van der Waals surface area contributed by atoms with Crippen molar-refractivity contribution in [2.75, 3.05) is 18.5 Å². The highest BCUT2D eigenvalue weighted by Gasteiger charge is 2.24. The van der Waals surface area contributed by atoms with Gasteiger partial charge in [0, 0.05) is 21.9 Å². The van der Waals surface area contributed by atoms with Crippen LogP contribution in [0, 0.1) is 0 Å². The van der Waals surface area contributed by atoms with Gasteiger partial charge in [-0.15, -0.1) is 22.7 Å². The number of nitrogens with one attached hydrogen (secondary N) is 1. The first-order valence-electron chi connectivity index (χ1n) is 8.59. The molecule has 7 nitrogen and oxygen atoms in total. The van der Waals surface area contributed by atoms with Gasteiger partial charge in [-0.05, 0) is 36.6 Å². The van der Waals surface area contributed by atoms with Gasteiger partial charge in [-0.1, -0.05) is 6.07 Å². The highest BCUT2D eigenvalue weighted by molar-refractivity contribution is 7.15. The molecule has 9 heteroatoms. The zero-order valence-corrected chi connectivity index (χ0v) is 17.0. The summed E-state index contributed by atoms with van der Waals surface area (Å²) < 4.78 is 15.4. The Morgan fingerprint density at radius 2 is 2.03 bits per heavy atom. The number of furan rings is 1. The number of carbonyl (C=O) groups excluding carboxylic acids is 3. The van der Waals surface area contributed by atoms with E-state index in [9.17, 15) is 14.4 Å². The lowest BCUT2D eigenvalue weighted by atomic mass is 10.1. The molecule has 150 valence electrons. The maximum atomic E-state index is 12.4. The molecule has 0 radical (unpaired) electrons. The summed E-state index contributed by atoms with van der Waals surface area (Å²) >= 11 is 2.63. The Morgan fingerprint density at radius 3 is 2.72 bits per heavy atom. The minimum atomic E-state index is -0.637. The van der Waals surface area contributed by atoms with Crippen molar-refractivity contribution in [2.24, 2.45) is 0 Å². The lowest BCUT2D eigenvalue weighted by Gasteiger charge is -2.08. The number of esters is 2. The molecule has 0 aliphatic carbocycles. The lowest BCUT2D eigenvalue weighted by Crippen LogP contribution is -2.21. The molecule has 0 spiro atoms. The van der Waals surface area contributed by atoms with Crippen molar-refractivity contribution in [2.45, 2.75) is 6.92 Å². The van der Waals surface area contributed by atoms with Crippen molar-refractivity contribution >= 4 is 51.6 Å². The smallest absolute Gasteiger partial charge is 0.341 e. The van der Waals surface area contributed by atoms with Crippen LogP contribution in [0.4, 0.5) is 5.00 Å². The maximum absolute atomic E-state index is 12.4. The number of hydrogen-bond donors (Lipinski definition) is 1.